The molecule has 0 unspecified atom stereocenters. The molecule has 3 N–H and O–H groups in total. The Balaban J connectivity index is 0.000000534. The van der Waals surface area contributed by atoms with Gasteiger partial charge < -0.3 is 29.9 Å². The van der Waals surface area contributed by atoms with E-state index in [1.807, 2.05) is 6.21 Å². The lowest BCUT2D eigenvalue weighted by Crippen LogP contribution is -3.06. The molecule has 3 aliphatic rings. The van der Waals surface area contributed by atoms with Gasteiger partial charge in [-0.05, 0) is 61.7 Å². The second-order valence-electron chi connectivity index (χ2n) is 10.5. The Bertz CT molecular complexity index is 636. The second kappa shape index (κ2) is 12.0. The summed E-state index contributed by atoms with van der Waals surface area (Å²) in [6, 6.07) is 0. The number of likely N-dealkylation sites (N-methyl/N-ethyl adjacent to an activating group) is 1. The molecule has 0 amide bonds. The smallest absolute Gasteiger partial charge is 0.351 e. The average Bonchev–Trinajstić information content (AvgIpc) is 3.01. The Kier molecular flexibility index (Phi) is 9.95. The van der Waals surface area contributed by atoms with Crippen LogP contribution in [-0.2, 0) is 14.4 Å². The number of rotatable bonds is 7. The molecule has 4 atom stereocenters. The van der Waals surface area contributed by atoms with Gasteiger partial charge >= 0.3 is 5.97 Å². The number of quaternary nitrogens is 1. The summed E-state index contributed by atoms with van der Waals surface area (Å²) in [5, 5.41) is 32.0. The number of carboxylic acid groups (broad SMARTS) is 2. The third kappa shape index (κ3) is 6.91. The Morgan fingerprint density at radius 2 is 1.78 bits per heavy atom. The summed E-state index contributed by atoms with van der Waals surface area (Å²) in [5.41, 5.74) is -0.376. The zero-order chi connectivity index (χ0) is 23.8. The number of oxime groups is 1. The fraction of sp³-hybridized carbons (Fsp3) is 0.875. The van der Waals surface area contributed by atoms with E-state index in [0.29, 0.717) is 12.5 Å². The largest absolute Gasteiger partial charge is 0.539 e. The van der Waals surface area contributed by atoms with E-state index in [1.165, 1.54) is 49.8 Å². The maximum absolute atomic E-state index is 11.6. The maximum Gasteiger partial charge on any atom is 0.351 e. The first kappa shape index (κ1) is 26.6. The normalized spacial score (nSPS) is 32.9. The first-order valence-corrected chi connectivity index (χ1v) is 12.2. The van der Waals surface area contributed by atoms with Gasteiger partial charge in [-0.2, -0.15) is 0 Å². The van der Waals surface area contributed by atoms with Gasteiger partial charge in [-0.1, -0.05) is 44.2 Å². The van der Waals surface area contributed by atoms with E-state index in [0.717, 1.165) is 44.1 Å². The van der Waals surface area contributed by atoms with Crippen LogP contribution in [0.15, 0.2) is 5.16 Å². The number of fused-ring (bicyclic) bond motifs is 1. The molecule has 8 heteroatoms. The molecule has 0 radical (unpaired) electrons. The van der Waals surface area contributed by atoms with Crippen molar-refractivity contribution in [1.29, 1.82) is 0 Å². The molecule has 3 rings (SSSR count). The van der Waals surface area contributed by atoms with Crippen LogP contribution in [0.25, 0.3) is 0 Å². The van der Waals surface area contributed by atoms with Crippen LogP contribution in [0.2, 0.25) is 0 Å². The molecule has 0 aliphatic heterocycles. The molecule has 0 aromatic carbocycles. The standard InChI is InChI=1S/C22H40N2O2.C2H2O4/c1-21-12-9-19(18-7-5-4-6-8-18)17-22(21,25)13-10-20(21)11-14-23-26-16-15-24(2)3;3-1(4)2(5)6/h14,18-20,25H,4-13,15-17H2,1-3H3;(H,3,4)(H,5,6)/b23-14+;/t19-,20+,21+,22-;/m0./s1. The van der Waals surface area contributed by atoms with Gasteiger partial charge in [0.25, 0.3) is 0 Å². The maximum atomic E-state index is 11.6. The Morgan fingerprint density at radius 1 is 1.12 bits per heavy atom. The zero-order valence-electron chi connectivity index (χ0n) is 20.0. The van der Waals surface area contributed by atoms with Crippen molar-refractivity contribution >= 4 is 18.2 Å². The van der Waals surface area contributed by atoms with E-state index < -0.39 is 17.5 Å². The number of carbonyl (C=O) groups excluding carboxylic acids is 1. The minimum absolute atomic E-state index is 0.0674. The highest BCUT2D eigenvalue weighted by molar-refractivity contribution is 6.26. The molecule has 32 heavy (non-hydrogen) atoms. The van der Waals surface area contributed by atoms with Crippen molar-refractivity contribution in [3.63, 3.8) is 0 Å². The molecule has 3 fully saturated rings. The summed E-state index contributed by atoms with van der Waals surface area (Å²) >= 11 is 0. The van der Waals surface area contributed by atoms with Crippen molar-refractivity contribution in [3.8, 4) is 0 Å². The van der Waals surface area contributed by atoms with E-state index >= 15 is 0 Å². The zero-order valence-corrected chi connectivity index (χ0v) is 20.0. The lowest BCUT2D eigenvalue weighted by molar-refractivity contribution is -0.858. The molecule has 0 saturated heterocycles. The van der Waals surface area contributed by atoms with Gasteiger partial charge in [-0.25, -0.2) is 4.79 Å². The van der Waals surface area contributed by atoms with E-state index in [9.17, 15) is 5.11 Å². The summed E-state index contributed by atoms with van der Waals surface area (Å²) in [4.78, 5) is 24.8. The molecule has 184 valence electrons. The van der Waals surface area contributed by atoms with Crippen molar-refractivity contribution in [2.75, 3.05) is 27.2 Å². The average molecular weight is 455 g/mol. The van der Waals surface area contributed by atoms with E-state index in [-0.39, 0.29) is 5.41 Å². The van der Waals surface area contributed by atoms with Gasteiger partial charge in [0.05, 0.1) is 19.7 Å². The second-order valence-corrected chi connectivity index (χ2v) is 10.5. The van der Waals surface area contributed by atoms with Crippen molar-refractivity contribution in [3.05, 3.63) is 0 Å². The molecule has 0 heterocycles. The Labute approximate surface area is 192 Å². The minimum Gasteiger partial charge on any atom is -0.539 e. The highest BCUT2D eigenvalue weighted by Crippen LogP contribution is 2.61. The quantitative estimate of drug-likeness (QED) is 0.227. The number of nitrogens with one attached hydrogen (secondary N) is 1. The lowest BCUT2D eigenvalue weighted by Gasteiger charge is -2.51. The highest BCUT2D eigenvalue weighted by atomic mass is 16.6. The highest BCUT2D eigenvalue weighted by Gasteiger charge is 2.58. The van der Waals surface area contributed by atoms with Crippen LogP contribution in [-0.4, -0.2) is 61.2 Å². The molecule has 8 nitrogen and oxygen atoms in total. The first-order valence-electron chi connectivity index (χ1n) is 12.2. The predicted molar refractivity (Wildman–Crippen MR) is 119 cm³/mol. The first-order chi connectivity index (χ1) is 15.1. The monoisotopic (exact) mass is 454 g/mol. The van der Waals surface area contributed by atoms with E-state index in [2.05, 4.69) is 26.2 Å². The van der Waals surface area contributed by atoms with Crippen LogP contribution in [0.4, 0.5) is 0 Å². The van der Waals surface area contributed by atoms with Crippen LogP contribution in [0.3, 0.4) is 0 Å². The SMILES string of the molecule is C[NH+](C)CCO/N=C/C[C@H]1CC[C@]2(O)C[C@@H](C3CCCCC3)CC[C@]12C.O=C([O-])C(=O)O. The van der Waals surface area contributed by atoms with Crippen LogP contribution < -0.4 is 10.0 Å². The number of carbonyl (C=O) groups is 2. The number of aliphatic hydroxyl groups is 1. The van der Waals surface area contributed by atoms with E-state index in [1.54, 1.807) is 0 Å². The van der Waals surface area contributed by atoms with Gasteiger partial charge in [0.15, 0.2) is 12.6 Å². The summed E-state index contributed by atoms with van der Waals surface area (Å²) in [5.74, 6) is -1.82. The number of hydrogen-bond acceptors (Lipinski definition) is 6. The summed E-state index contributed by atoms with van der Waals surface area (Å²) in [7, 11) is 4.24. The molecule has 3 aliphatic carbocycles. The Morgan fingerprint density at radius 3 is 2.38 bits per heavy atom. The molecule has 0 spiro atoms. The van der Waals surface area contributed by atoms with Gasteiger partial charge in [0.2, 0.25) is 0 Å². The number of hydrogen-bond donors (Lipinski definition) is 3. The molecular formula is C24H42N2O6. The van der Waals surface area contributed by atoms with Crippen molar-refractivity contribution in [2.45, 2.75) is 83.2 Å². The van der Waals surface area contributed by atoms with Gasteiger partial charge in [-0.15, -0.1) is 0 Å². The van der Waals surface area contributed by atoms with Crippen molar-refractivity contribution in [2.24, 2.45) is 28.3 Å². The molecule has 0 aromatic rings. The lowest BCUT2D eigenvalue weighted by atomic mass is 9.57. The van der Waals surface area contributed by atoms with Crippen molar-refractivity contribution in [1.82, 2.24) is 0 Å². The summed E-state index contributed by atoms with van der Waals surface area (Å²) in [6.07, 6.45) is 15.6. The number of aliphatic carboxylic acids is 2. The van der Waals surface area contributed by atoms with Crippen LogP contribution >= 0.6 is 0 Å². The summed E-state index contributed by atoms with van der Waals surface area (Å²) in [6.45, 7) is 4.00. The predicted octanol–water partition coefficient (Wildman–Crippen LogP) is 0.872. The Hall–Kier alpha value is -1.67. The van der Waals surface area contributed by atoms with Gasteiger partial charge in [0, 0.05) is 6.21 Å². The third-order valence-corrected chi connectivity index (χ3v) is 8.23. The fourth-order valence-corrected chi connectivity index (χ4v) is 6.10. The van der Waals surface area contributed by atoms with E-state index in [4.69, 9.17) is 24.6 Å². The molecule has 0 bridgehead atoms. The minimum atomic E-state index is -2.07. The van der Waals surface area contributed by atoms with Crippen LogP contribution in [0.5, 0.6) is 0 Å². The molecular weight excluding hydrogens is 412 g/mol. The summed E-state index contributed by atoms with van der Waals surface area (Å²) < 4.78 is 0. The van der Waals surface area contributed by atoms with Crippen molar-refractivity contribution < 1.29 is 34.6 Å². The van der Waals surface area contributed by atoms with Crippen LogP contribution in [0, 0.1) is 23.2 Å². The fourth-order valence-electron chi connectivity index (χ4n) is 6.10. The number of nitrogens with zero attached hydrogens (tertiary/aromatic N) is 1. The molecule has 0 aromatic heterocycles. The molecule has 3 saturated carbocycles. The number of carboxylic acids is 2. The van der Waals surface area contributed by atoms with Gasteiger partial charge in [0.1, 0.15) is 6.54 Å². The van der Waals surface area contributed by atoms with Gasteiger partial charge in [-0.3, -0.25) is 0 Å². The third-order valence-electron chi connectivity index (χ3n) is 8.23. The van der Waals surface area contributed by atoms with Crippen LogP contribution in [0.1, 0.15) is 77.6 Å². The topological polar surface area (TPSA) is 124 Å².